The van der Waals surface area contributed by atoms with Crippen LogP contribution in [-0.2, 0) is 16.0 Å². The largest absolute Gasteiger partial charge is 0.488 e. The topological polar surface area (TPSA) is 58.6 Å². The van der Waals surface area contributed by atoms with Gasteiger partial charge in [-0.2, -0.15) is 0 Å². The van der Waals surface area contributed by atoms with Crippen LogP contribution in [0.2, 0.25) is 5.02 Å². The Hall–Kier alpha value is -3.05. The van der Waals surface area contributed by atoms with Gasteiger partial charge in [-0.3, -0.25) is 9.59 Å². The standard InChI is InChI=1S/C22H19ClN2O3/c1-14(26)25-9-8-16-12-19(4-5-20(16)25)24-22(27)7-2-15-10-17-11-18(23)3-6-21(17)28-13-15/h2-7,10-12H,8-9,13H2,1H3,(H,24,27)/b7-2+. The molecule has 0 saturated carbocycles. The lowest BCUT2D eigenvalue weighted by molar-refractivity contribution is -0.116. The molecule has 1 N–H and O–H groups in total. The maximum atomic E-state index is 12.3. The van der Waals surface area contributed by atoms with E-state index in [0.717, 1.165) is 34.6 Å². The minimum atomic E-state index is -0.223. The molecule has 0 aliphatic carbocycles. The van der Waals surface area contributed by atoms with Crippen molar-refractivity contribution in [3.05, 3.63) is 70.3 Å². The van der Waals surface area contributed by atoms with Gasteiger partial charge in [0.1, 0.15) is 12.4 Å². The van der Waals surface area contributed by atoms with Gasteiger partial charge in [0.15, 0.2) is 0 Å². The van der Waals surface area contributed by atoms with Gasteiger partial charge >= 0.3 is 0 Å². The zero-order chi connectivity index (χ0) is 19.7. The first-order valence-electron chi connectivity index (χ1n) is 9.02. The summed E-state index contributed by atoms with van der Waals surface area (Å²) in [4.78, 5) is 25.7. The van der Waals surface area contributed by atoms with Crippen LogP contribution >= 0.6 is 11.6 Å². The number of amides is 2. The molecule has 5 nitrogen and oxygen atoms in total. The van der Waals surface area contributed by atoms with Crippen molar-refractivity contribution >= 4 is 40.9 Å². The number of benzene rings is 2. The van der Waals surface area contributed by atoms with Gasteiger partial charge in [-0.05, 0) is 60.0 Å². The first-order valence-corrected chi connectivity index (χ1v) is 9.40. The summed E-state index contributed by atoms with van der Waals surface area (Å²) in [5.74, 6) is 0.590. The predicted octanol–water partition coefficient (Wildman–Crippen LogP) is 4.22. The molecular weight excluding hydrogens is 376 g/mol. The number of anilines is 2. The molecule has 6 heteroatoms. The van der Waals surface area contributed by atoms with E-state index in [1.165, 1.54) is 6.08 Å². The molecule has 2 amide bonds. The first-order chi connectivity index (χ1) is 13.5. The predicted molar refractivity (Wildman–Crippen MR) is 111 cm³/mol. The fraction of sp³-hybridized carbons (Fsp3) is 0.182. The number of halogens is 1. The second-order valence-electron chi connectivity index (χ2n) is 6.78. The van der Waals surface area contributed by atoms with Crippen LogP contribution in [0.15, 0.2) is 54.1 Å². The van der Waals surface area contributed by atoms with Gasteiger partial charge in [-0.25, -0.2) is 0 Å². The summed E-state index contributed by atoms with van der Waals surface area (Å²) >= 11 is 6.02. The quantitative estimate of drug-likeness (QED) is 0.793. The van der Waals surface area contributed by atoms with Gasteiger partial charge in [-0.15, -0.1) is 0 Å². The molecule has 2 aliphatic rings. The molecular formula is C22H19ClN2O3. The molecule has 0 saturated heterocycles. The maximum absolute atomic E-state index is 12.3. The lowest BCUT2D eigenvalue weighted by Gasteiger charge is -2.16. The average molecular weight is 395 g/mol. The number of nitrogens with one attached hydrogen (secondary N) is 1. The van der Waals surface area contributed by atoms with Crippen molar-refractivity contribution in [1.29, 1.82) is 0 Å². The van der Waals surface area contributed by atoms with Crippen LogP contribution in [0.25, 0.3) is 6.08 Å². The summed E-state index contributed by atoms with van der Waals surface area (Å²) in [5.41, 5.74) is 4.48. The van der Waals surface area contributed by atoms with Gasteiger partial charge < -0.3 is 15.0 Å². The number of hydrogen-bond donors (Lipinski definition) is 1. The molecule has 4 rings (SSSR count). The van der Waals surface area contributed by atoms with Gasteiger partial charge in [0.05, 0.1) is 0 Å². The number of ether oxygens (including phenoxy) is 1. The van der Waals surface area contributed by atoms with Crippen LogP contribution in [0.3, 0.4) is 0 Å². The molecule has 28 heavy (non-hydrogen) atoms. The monoisotopic (exact) mass is 394 g/mol. The van der Waals surface area contributed by atoms with Crippen LogP contribution in [0.4, 0.5) is 11.4 Å². The van der Waals surface area contributed by atoms with Crippen molar-refractivity contribution in [2.24, 2.45) is 0 Å². The minimum absolute atomic E-state index is 0.0318. The van der Waals surface area contributed by atoms with Crippen molar-refractivity contribution in [3.63, 3.8) is 0 Å². The zero-order valence-electron chi connectivity index (χ0n) is 15.4. The second kappa shape index (κ2) is 7.52. The maximum Gasteiger partial charge on any atom is 0.248 e. The molecule has 0 unspecified atom stereocenters. The zero-order valence-corrected chi connectivity index (χ0v) is 16.1. The van der Waals surface area contributed by atoms with Crippen molar-refractivity contribution in [1.82, 2.24) is 0 Å². The number of carbonyl (C=O) groups is 2. The van der Waals surface area contributed by atoms with E-state index < -0.39 is 0 Å². The molecule has 142 valence electrons. The van der Waals surface area contributed by atoms with Crippen LogP contribution < -0.4 is 15.0 Å². The van der Waals surface area contributed by atoms with Gasteiger partial charge in [0.25, 0.3) is 0 Å². The van der Waals surface area contributed by atoms with E-state index in [1.54, 1.807) is 24.0 Å². The van der Waals surface area contributed by atoms with Gasteiger partial charge in [-0.1, -0.05) is 17.7 Å². The summed E-state index contributed by atoms with van der Waals surface area (Å²) in [5, 5.41) is 3.51. The fourth-order valence-electron chi connectivity index (χ4n) is 3.44. The summed E-state index contributed by atoms with van der Waals surface area (Å²) in [6.45, 7) is 2.64. The van der Waals surface area contributed by atoms with E-state index in [1.807, 2.05) is 36.4 Å². The number of rotatable bonds is 3. The highest BCUT2D eigenvalue weighted by Crippen LogP contribution is 2.31. The molecule has 0 fully saturated rings. The Labute approximate surface area is 168 Å². The highest BCUT2D eigenvalue weighted by molar-refractivity contribution is 6.30. The Balaban J connectivity index is 1.43. The van der Waals surface area contributed by atoms with E-state index >= 15 is 0 Å². The minimum Gasteiger partial charge on any atom is -0.488 e. The van der Waals surface area contributed by atoms with Crippen LogP contribution in [0, 0.1) is 0 Å². The summed E-state index contributed by atoms with van der Waals surface area (Å²) < 4.78 is 5.68. The van der Waals surface area contributed by atoms with E-state index in [9.17, 15) is 9.59 Å². The summed E-state index contributed by atoms with van der Waals surface area (Å²) in [6.07, 6.45) is 5.98. The number of carbonyl (C=O) groups excluding carboxylic acids is 2. The Bertz CT molecular complexity index is 1030. The fourth-order valence-corrected chi connectivity index (χ4v) is 3.62. The molecule has 0 atom stereocenters. The molecule has 2 aromatic carbocycles. The SMILES string of the molecule is CC(=O)N1CCc2cc(NC(=O)/C=C/C3=Cc4cc(Cl)ccc4OC3)ccc21. The second-order valence-corrected chi connectivity index (χ2v) is 7.21. The molecule has 0 spiro atoms. The van der Waals surface area contributed by atoms with Crippen LogP contribution in [-0.4, -0.2) is 25.0 Å². The molecule has 0 aromatic heterocycles. The lowest BCUT2D eigenvalue weighted by atomic mass is 10.1. The number of fused-ring (bicyclic) bond motifs is 2. The van der Waals surface area contributed by atoms with Crippen molar-refractivity contribution in [3.8, 4) is 5.75 Å². The van der Waals surface area contributed by atoms with Crippen molar-refractivity contribution < 1.29 is 14.3 Å². The third-order valence-electron chi connectivity index (χ3n) is 4.78. The molecule has 0 bridgehead atoms. The summed E-state index contributed by atoms with van der Waals surface area (Å²) in [7, 11) is 0. The van der Waals surface area contributed by atoms with Crippen molar-refractivity contribution in [2.75, 3.05) is 23.4 Å². The van der Waals surface area contributed by atoms with Crippen LogP contribution in [0.5, 0.6) is 5.75 Å². The average Bonchev–Trinajstić information content (AvgIpc) is 3.09. The molecule has 2 aromatic rings. The van der Waals surface area contributed by atoms with Gasteiger partial charge in [0.2, 0.25) is 11.8 Å². The molecule has 2 aliphatic heterocycles. The third kappa shape index (κ3) is 3.80. The Morgan fingerprint density at radius 1 is 1.21 bits per heavy atom. The van der Waals surface area contributed by atoms with Crippen LogP contribution in [0.1, 0.15) is 18.1 Å². The van der Waals surface area contributed by atoms with E-state index in [2.05, 4.69) is 5.32 Å². The van der Waals surface area contributed by atoms with Crippen molar-refractivity contribution in [2.45, 2.75) is 13.3 Å². The Kier molecular flexibility index (Phi) is 4.92. The molecule has 0 radical (unpaired) electrons. The van der Waals surface area contributed by atoms with E-state index in [4.69, 9.17) is 16.3 Å². The van der Waals surface area contributed by atoms with E-state index in [0.29, 0.717) is 23.9 Å². The highest BCUT2D eigenvalue weighted by Gasteiger charge is 2.22. The van der Waals surface area contributed by atoms with E-state index in [-0.39, 0.29) is 11.8 Å². The summed E-state index contributed by atoms with van der Waals surface area (Å²) in [6, 6.07) is 11.1. The molecule has 2 heterocycles. The lowest BCUT2D eigenvalue weighted by Crippen LogP contribution is -2.25. The van der Waals surface area contributed by atoms with Gasteiger partial charge in [0, 0.05) is 41.5 Å². The number of hydrogen-bond acceptors (Lipinski definition) is 3. The highest BCUT2D eigenvalue weighted by atomic mass is 35.5. The Morgan fingerprint density at radius 3 is 2.89 bits per heavy atom. The third-order valence-corrected chi connectivity index (χ3v) is 5.01. The number of nitrogens with zero attached hydrogens (tertiary/aromatic N) is 1. The normalized spacial score (nSPS) is 14.9. The smallest absolute Gasteiger partial charge is 0.248 e. The first kappa shape index (κ1) is 18.3. The Morgan fingerprint density at radius 2 is 2.07 bits per heavy atom.